The zero-order valence-corrected chi connectivity index (χ0v) is 10.6. The van der Waals surface area contributed by atoms with E-state index < -0.39 is 11.6 Å². The Labute approximate surface area is 110 Å². The molecule has 1 aromatic rings. The van der Waals surface area contributed by atoms with Gasteiger partial charge in [-0.1, -0.05) is 0 Å². The van der Waals surface area contributed by atoms with Crippen molar-refractivity contribution in [2.45, 2.75) is 19.3 Å². The number of carbonyl (C=O) groups excluding carboxylic acids is 1. The van der Waals surface area contributed by atoms with Crippen molar-refractivity contribution in [3.8, 4) is 0 Å². The van der Waals surface area contributed by atoms with Crippen LogP contribution in [0.2, 0.25) is 0 Å². The number of carbonyl (C=O) groups is 1. The molecule has 1 N–H and O–H groups in total. The Morgan fingerprint density at radius 2 is 2.21 bits per heavy atom. The Hall–Kier alpha value is -1.49. The molecular weight excluding hydrogens is 252 g/mol. The second-order valence-corrected chi connectivity index (χ2v) is 4.91. The number of rotatable bonds is 4. The number of hydrogen-bond donors (Lipinski definition) is 1. The van der Waals surface area contributed by atoms with E-state index in [1.165, 1.54) is 0 Å². The van der Waals surface area contributed by atoms with Crippen molar-refractivity contribution in [2.75, 3.05) is 19.7 Å². The summed E-state index contributed by atoms with van der Waals surface area (Å²) in [5.41, 5.74) is 0.228. The second-order valence-electron chi connectivity index (χ2n) is 4.91. The summed E-state index contributed by atoms with van der Waals surface area (Å²) < 4.78 is 26.4. The molecule has 1 atom stereocenters. The Morgan fingerprint density at radius 3 is 2.89 bits per heavy atom. The first-order chi connectivity index (χ1) is 9.10. The Bertz CT molecular complexity index is 465. The summed E-state index contributed by atoms with van der Waals surface area (Å²) in [6.07, 6.45) is 1.16. The number of amides is 1. The van der Waals surface area contributed by atoms with Gasteiger partial charge in [0.05, 0.1) is 0 Å². The van der Waals surface area contributed by atoms with E-state index in [0.29, 0.717) is 13.1 Å². The van der Waals surface area contributed by atoms with Gasteiger partial charge in [0.15, 0.2) is 0 Å². The fourth-order valence-corrected chi connectivity index (χ4v) is 2.34. The molecule has 104 valence electrons. The van der Waals surface area contributed by atoms with Crippen LogP contribution in [0.1, 0.15) is 18.4 Å². The number of hydrogen-bond acceptors (Lipinski definition) is 2. The lowest BCUT2D eigenvalue weighted by Gasteiger charge is -2.16. The predicted molar refractivity (Wildman–Crippen MR) is 66.5 cm³/mol. The molecule has 1 aliphatic rings. The van der Waals surface area contributed by atoms with Gasteiger partial charge in [-0.05, 0) is 36.6 Å². The topological polar surface area (TPSA) is 40.5 Å². The molecule has 1 aliphatic heterocycles. The highest BCUT2D eigenvalue weighted by Crippen LogP contribution is 2.18. The molecule has 0 saturated carbocycles. The van der Waals surface area contributed by atoms with Crippen molar-refractivity contribution >= 4 is 5.91 Å². The van der Waals surface area contributed by atoms with Crippen LogP contribution in [0, 0.1) is 17.6 Å². The zero-order valence-electron chi connectivity index (χ0n) is 10.6. The quantitative estimate of drug-likeness (QED) is 0.904. The maximum atomic E-state index is 13.4. The van der Waals surface area contributed by atoms with Crippen LogP contribution in [0.25, 0.3) is 0 Å². The summed E-state index contributed by atoms with van der Waals surface area (Å²) in [7, 11) is 0. The first-order valence-corrected chi connectivity index (χ1v) is 6.42. The maximum Gasteiger partial charge on any atom is 0.222 e. The van der Waals surface area contributed by atoms with Gasteiger partial charge < -0.3 is 10.0 Å². The summed E-state index contributed by atoms with van der Waals surface area (Å²) in [6, 6.07) is 3.27. The van der Waals surface area contributed by atoms with Gasteiger partial charge in [0, 0.05) is 32.0 Å². The molecule has 5 heteroatoms. The van der Waals surface area contributed by atoms with Crippen LogP contribution in [-0.4, -0.2) is 35.6 Å². The minimum absolute atomic E-state index is 0.0698. The third-order valence-corrected chi connectivity index (χ3v) is 3.51. The monoisotopic (exact) mass is 269 g/mol. The molecule has 3 nitrogen and oxygen atoms in total. The fourth-order valence-electron chi connectivity index (χ4n) is 2.34. The highest BCUT2D eigenvalue weighted by molar-refractivity contribution is 5.76. The van der Waals surface area contributed by atoms with E-state index in [-0.39, 0.29) is 36.8 Å². The molecule has 0 bridgehead atoms. The number of nitrogens with zero attached hydrogens (tertiary/aromatic N) is 1. The van der Waals surface area contributed by atoms with Crippen LogP contribution in [0.4, 0.5) is 8.78 Å². The van der Waals surface area contributed by atoms with Crippen LogP contribution in [0.5, 0.6) is 0 Å². The molecule has 0 aliphatic carbocycles. The van der Waals surface area contributed by atoms with Crippen LogP contribution in [0.3, 0.4) is 0 Å². The number of likely N-dealkylation sites (tertiary alicyclic amines) is 1. The zero-order chi connectivity index (χ0) is 13.8. The number of aliphatic hydroxyl groups is 1. The smallest absolute Gasteiger partial charge is 0.222 e. The molecular formula is C14H17F2NO2. The molecule has 1 heterocycles. The minimum atomic E-state index is -0.495. The van der Waals surface area contributed by atoms with E-state index in [2.05, 4.69) is 0 Å². The fraction of sp³-hybridized carbons (Fsp3) is 0.500. The van der Waals surface area contributed by atoms with Gasteiger partial charge in [-0.2, -0.15) is 0 Å². The SMILES string of the molecule is O=C(CCc1cc(F)ccc1F)N1CCC(CO)C1. The van der Waals surface area contributed by atoms with Gasteiger partial charge in [-0.25, -0.2) is 8.78 Å². The summed E-state index contributed by atoms with van der Waals surface area (Å²) in [5.74, 6) is -0.899. The molecule has 2 rings (SSSR count). The Kier molecular flexibility index (Phi) is 4.47. The van der Waals surface area contributed by atoms with Crippen LogP contribution < -0.4 is 0 Å². The first-order valence-electron chi connectivity index (χ1n) is 6.42. The van der Waals surface area contributed by atoms with Gasteiger partial charge in [0.1, 0.15) is 11.6 Å². The molecule has 1 fully saturated rings. The molecule has 0 spiro atoms. The minimum Gasteiger partial charge on any atom is -0.396 e. The molecule has 19 heavy (non-hydrogen) atoms. The second kappa shape index (κ2) is 6.10. The van der Waals surface area contributed by atoms with Crippen molar-refractivity contribution in [1.82, 2.24) is 4.90 Å². The normalized spacial score (nSPS) is 18.9. The van der Waals surface area contributed by atoms with Gasteiger partial charge >= 0.3 is 0 Å². The lowest BCUT2D eigenvalue weighted by molar-refractivity contribution is -0.130. The number of halogens is 2. The van der Waals surface area contributed by atoms with Gasteiger partial charge in [0.25, 0.3) is 0 Å². The van der Waals surface area contributed by atoms with Crippen LogP contribution in [0.15, 0.2) is 18.2 Å². The first kappa shape index (κ1) is 13.9. The van der Waals surface area contributed by atoms with E-state index in [1.807, 2.05) is 0 Å². The van der Waals surface area contributed by atoms with E-state index in [9.17, 15) is 13.6 Å². The molecule has 1 unspecified atom stereocenters. The number of aryl methyl sites for hydroxylation is 1. The van der Waals surface area contributed by atoms with Crippen LogP contribution in [-0.2, 0) is 11.2 Å². The molecule has 0 aromatic heterocycles. The Morgan fingerprint density at radius 1 is 1.42 bits per heavy atom. The molecule has 0 radical (unpaired) electrons. The number of aliphatic hydroxyl groups excluding tert-OH is 1. The summed E-state index contributed by atoms with van der Waals surface area (Å²) in [5, 5.41) is 9.01. The lowest BCUT2D eigenvalue weighted by atomic mass is 10.1. The lowest BCUT2D eigenvalue weighted by Crippen LogP contribution is -2.29. The average molecular weight is 269 g/mol. The third-order valence-electron chi connectivity index (χ3n) is 3.51. The molecule has 1 aromatic carbocycles. The van der Waals surface area contributed by atoms with Crippen molar-refractivity contribution < 1.29 is 18.7 Å². The predicted octanol–water partition coefficient (Wildman–Crippen LogP) is 1.74. The summed E-state index contributed by atoms with van der Waals surface area (Å²) >= 11 is 0. The Balaban J connectivity index is 1.88. The van der Waals surface area contributed by atoms with Gasteiger partial charge in [-0.3, -0.25) is 4.79 Å². The highest BCUT2D eigenvalue weighted by atomic mass is 19.1. The van der Waals surface area contributed by atoms with E-state index >= 15 is 0 Å². The van der Waals surface area contributed by atoms with Crippen molar-refractivity contribution in [3.63, 3.8) is 0 Å². The van der Waals surface area contributed by atoms with Gasteiger partial charge in [-0.15, -0.1) is 0 Å². The number of benzene rings is 1. The highest BCUT2D eigenvalue weighted by Gasteiger charge is 2.25. The maximum absolute atomic E-state index is 13.4. The molecule has 1 amide bonds. The van der Waals surface area contributed by atoms with Crippen molar-refractivity contribution in [1.29, 1.82) is 0 Å². The summed E-state index contributed by atoms with van der Waals surface area (Å²) in [4.78, 5) is 13.6. The van der Waals surface area contributed by atoms with E-state index in [0.717, 1.165) is 24.6 Å². The average Bonchev–Trinajstić information content (AvgIpc) is 2.88. The molecule has 1 saturated heterocycles. The van der Waals surface area contributed by atoms with E-state index in [4.69, 9.17) is 5.11 Å². The van der Waals surface area contributed by atoms with E-state index in [1.54, 1.807) is 4.90 Å². The third kappa shape index (κ3) is 3.50. The van der Waals surface area contributed by atoms with Crippen molar-refractivity contribution in [2.24, 2.45) is 5.92 Å². The summed E-state index contributed by atoms with van der Waals surface area (Å²) in [6.45, 7) is 1.28. The van der Waals surface area contributed by atoms with Crippen LogP contribution >= 0.6 is 0 Å². The van der Waals surface area contributed by atoms with Crippen molar-refractivity contribution in [3.05, 3.63) is 35.4 Å². The standard InChI is InChI=1S/C14H17F2NO2/c15-12-2-3-13(16)11(7-12)1-4-14(19)17-6-5-10(8-17)9-18/h2-3,7,10,18H,1,4-6,8-9H2. The largest absolute Gasteiger partial charge is 0.396 e. The van der Waals surface area contributed by atoms with Gasteiger partial charge in [0.2, 0.25) is 5.91 Å².